The Morgan fingerprint density at radius 3 is 2.83 bits per heavy atom. The van der Waals surface area contributed by atoms with E-state index in [4.69, 9.17) is 4.74 Å². The van der Waals surface area contributed by atoms with Gasteiger partial charge in [-0.1, -0.05) is 18.2 Å². The van der Waals surface area contributed by atoms with Gasteiger partial charge < -0.3 is 14.9 Å². The standard InChI is InChI=1S/C14H21NO3/c16-12-5-4-8-15(9-12)10-13(17)11-18-14-6-2-1-3-7-14/h1-3,6-7,12-13,16-17H,4-5,8-11H2. The van der Waals surface area contributed by atoms with Gasteiger partial charge in [0.2, 0.25) is 0 Å². The molecule has 0 saturated carbocycles. The summed E-state index contributed by atoms with van der Waals surface area (Å²) in [7, 11) is 0. The predicted octanol–water partition coefficient (Wildman–Crippen LogP) is 0.883. The van der Waals surface area contributed by atoms with Crippen molar-refractivity contribution >= 4 is 0 Å². The lowest BCUT2D eigenvalue weighted by Crippen LogP contribution is -2.43. The van der Waals surface area contributed by atoms with Crippen molar-refractivity contribution in [2.75, 3.05) is 26.2 Å². The number of nitrogens with zero attached hydrogens (tertiary/aromatic N) is 1. The third-order valence-corrected chi connectivity index (χ3v) is 3.14. The van der Waals surface area contributed by atoms with Crippen molar-refractivity contribution in [1.29, 1.82) is 0 Å². The molecule has 2 rings (SSSR count). The average molecular weight is 251 g/mol. The summed E-state index contributed by atoms with van der Waals surface area (Å²) in [4.78, 5) is 2.09. The van der Waals surface area contributed by atoms with E-state index < -0.39 is 6.10 Å². The Balaban J connectivity index is 1.70. The molecule has 100 valence electrons. The number of aliphatic hydroxyl groups is 2. The summed E-state index contributed by atoms with van der Waals surface area (Å²) in [5, 5.41) is 19.4. The van der Waals surface area contributed by atoms with Crippen LogP contribution < -0.4 is 4.74 Å². The molecule has 1 aromatic carbocycles. The molecule has 1 heterocycles. The highest BCUT2D eigenvalue weighted by Crippen LogP contribution is 2.11. The fourth-order valence-electron chi connectivity index (χ4n) is 2.26. The van der Waals surface area contributed by atoms with Gasteiger partial charge in [0.1, 0.15) is 18.5 Å². The molecular formula is C14H21NO3. The summed E-state index contributed by atoms with van der Waals surface area (Å²) in [5.74, 6) is 0.773. The number of β-amino-alcohol motifs (C(OH)–C–C–N with tert-alkyl or cyclic N) is 2. The van der Waals surface area contributed by atoms with Crippen LogP contribution in [0.4, 0.5) is 0 Å². The largest absolute Gasteiger partial charge is 0.491 e. The fraction of sp³-hybridized carbons (Fsp3) is 0.571. The van der Waals surface area contributed by atoms with Crippen molar-refractivity contribution in [2.45, 2.75) is 25.0 Å². The minimum atomic E-state index is -0.518. The van der Waals surface area contributed by atoms with E-state index in [1.54, 1.807) is 0 Å². The number of piperidine rings is 1. The second kappa shape index (κ2) is 6.73. The number of hydrogen-bond donors (Lipinski definition) is 2. The first-order valence-electron chi connectivity index (χ1n) is 6.50. The molecule has 1 saturated heterocycles. The zero-order valence-electron chi connectivity index (χ0n) is 10.5. The third kappa shape index (κ3) is 4.29. The maximum Gasteiger partial charge on any atom is 0.119 e. The normalized spacial score (nSPS) is 22.7. The van der Waals surface area contributed by atoms with Gasteiger partial charge in [0.05, 0.1) is 6.10 Å². The highest BCUT2D eigenvalue weighted by molar-refractivity contribution is 5.20. The first kappa shape index (κ1) is 13.3. The maximum absolute atomic E-state index is 9.90. The topological polar surface area (TPSA) is 52.9 Å². The van der Waals surface area contributed by atoms with E-state index in [9.17, 15) is 10.2 Å². The molecule has 2 atom stereocenters. The molecule has 0 amide bonds. The van der Waals surface area contributed by atoms with Gasteiger partial charge in [0.25, 0.3) is 0 Å². The van der Waals surface area contributed by atoms with Crippen molar-refractivity contribution < 1.29 is 14.9 Å². The van der Waals surface area contributed by atoms with Gasteiger partial charge in [-0.3, -0.25) is 4.90 Å². The molecule has 0 aliphatic carbocycles. The highest BCUT2D eigenvalue weighted by atomic mass is 16.5. The van der Waals surface area contributed by atoms with E-state index in [0.29, 0.717) is 13.1 Å². The molecule has 0 bridgehead atoms. The van der Waals surface area contributed by atoms with Gasteiger partial charge in [0, 0.05) is 13.1 Å². The minimum absolute atomic E-state index is 0.249. The monoisotopic (exact) mass is 251 g/mol. The van der Waals surface area contributed by atoms with E-state index in [-0.39, 0.29) is 12.7 Å². The first-order chi connectivity index (χ1) is 8.74. The Morgan fingerprint density at radius 2 is 2.11 bits per heavy atom. The van der Waals surface area contributed by atoms with Crippen molar-refractivity contribution in [3.63, 3.8) is 0 Å². The Kier molecular flexibility index (Phi) is 4.99. The van der Waals surface area contributed by atoms with Crippen LogP contribution in [0.5, 0.6) is 5.75 Å². The fourth-order valence-corrected chi connectivity index (χ4v) is 2.26. The Morgan fingerprint density at radius 1 is 1.33 bits per heavy atom. The summed E-state index contributed by atoms with van der Waals surface area (Å²) in [6.45, 7) is 2.45. The second-order valence-electron chi connectivity index (χ2n) is 4.83. The number of rotatable bonds is 5. The van der Waals surface area contributed by atoms with Gasteiger partial charge >= 0.3 is 0 Å². The van der Waals surface area contributed by atoms with Crippen molar-refractivity contribution in [3.05, 3.63) is 30.3 Å². The molecule has 1 aliphatic rings. The van der Waals surface area contributed by atoms with E-state index in [2.05, 4.69) is 4.90 Å². The molecule has 0 spiro atoms. The summed E-state index contributed by atoms with van der Waals surface area (Å²) < 4.78 is 5.50. The molecule has 1 fully saturated rings. The molecule has 0 aromatic heterocycles. The molecule has 18 heavy (non-hydrogen) atoms. The van der Waals surface area contributed by atoms with E-state index >= 15 is 0 Å². The smallest absolute Gasteiger partial charge is 0.119 e. The van der Waals surface area contributed by atoms with Crippen LogP contribution in [-0.4, -0.2) is 53.6 Å². The van der Waals surface area contributed by atoms with Gasteiger partial charge in [-0.15, -0.1) is 0 Å². The number of para-hydroxylation sites is 1. The SMILES string of the molecule is OC1CCCN(CC(O)COc2ccccc2)C1. The van der Waals surface area contributed by atoms with Gasteiger partial charge in [0.15, 0.2) is 0 Å². The maximum atomic E-state index is 9.90. The molecule has 1 aromatic rings. The van der Waals surface area contributed by atoms with Crippen LogP contribution >= 0.6 is 0 Å². The number of hydrogen-bond acceptors (Lipinski definition) is 4. The first-order valence-corrected chi connectivity index (χ1v) is 6.50. The van der Waals surface area contributed by atoms with Crippen LogP contribution in [0.1, 0.15) is 12.8 Å². The van der Waals surface area contributed by atoms with Crippen molar-refractivity contribution in [1.82, 2.24) is 4.90 Å². The Labute approximate surface area is 108 Å². The van der Waals surface area contributed by atoms with Crippen molar-refractivity contribution in [2.24, 2.45) is 0 Å². The second-order valence-corrected chi connectivity index (χ2v) is 4.83. The van der Waals surface area contributed by atoms with Crippen LogP contribution in [0.25, 0.3) is 0 Å². The van der Waals surface area contributed by atoms with Crippen LogP contribution in [0, 0.1) is 0 Å². The van der Waals surface area contributed by atoms with Crippen LogP contribution in [0.3, 0.4) is 0 Å². The van der Waals surface area contributed by atoms with Crippen LogP contribution in [0.15, 0.2) is 30.3 Å². The van der Waals surface area contributed by atoms with Crippen LogP contribution in [-0.2, 0) is 0 Å². The number of ether oxygens (including phenoxy) is 1. The lowest BCUT2D eigenvalue weighted by atomic mass is 10.1. The zero-order chi connectivity index (χ0) is 12.8. The summed E-state index contributed by atoms with van der Waals surface area (Å²) in [6, 6.07) is 9.48. The summed E-state index contributed by atoms with van der Waals surface area (Å²) in [6.07, 6.45) is 1.09. The quantitative estimate of drug-likeness (QED) is 0.816. The molecule has 0 radical (unpaired) electrons. The predicted molar refractivity (Wildman–Crippen MR) is 69.6 cm³/mol. The summed E-state index contributed by atoms with van der Waals surface area (Å²) >= 11 is 0. The number of likely N-dealkylation sites (tertiary alicyclic amines) is 1. The lowest BCUT2D eigenvalue weighted by Gasteiger charge is -2.31. The number of aliphatic hydroxyl groups excluding tert-OH is 2. The van der Waals surface area contributed by atoms with Gasteiger partial charge in [-0.25, -0.2) is 0 Å². The van der Waals surface area contributed by atoms with Gasteiger partial charge in [-0.05, 0) is 31.5 Å². The number of benzene rings is 1. The van der Waals surface area contributed by atoms with E-state index in [1.807, 2.05) is 30.3 Å². The molecule has 2 unspecified atom stereocenters. The van der Waals surface area contributed by atoms with E-state index in [0.717, 1.165) is 25.1 Å². The van der Waals surface area contributed by atoms with Crippen molar-refractivity contribution in [3.8, 4) is 5.75 Å². The summed E-state index contributed by atoms with van der Waals surface area (Å²) in [5.41, 5.74) is 0. The third-order valence-electron chi connectivity index (χ3n) is 3.14. The molecule has 2 N–H and O–H groups in total. The lowest BCUT2D eigenvalue weighted by molar-refractivity contribution is 0.0243. The highest BCUT2D eigenvalue weighted by Gasteiger charge is 2.20. The molecule has 4 nitrogen and oxygen atoms in total. The average Bonchev–Trinajstić information content (AvgIpc) is 2.38. The molecule has 4 heteroatoms. The Bertz CT molecular complexity index is 344. The van der Waals surface area contributed by atoms with E-state index in [1.165, 1.54) is 0 Å². The zero-order valence-corrected chi connectivity index (χ0v) is 10.5. The molecular weight excluding hydrogens is 230 g/mol. The van der Waals surface area contributed by atoms with Gasteiger partial charge in [-0.2, -0.15) is 0 Å². The van der Waals surface area contributed by atoms with Crippen LogP contribution in [0.2, 0.25) is 0 Å². The minimum Gasteiger partial charge on any atom is -0.491 e. The molecule has 1 aliphatic heterocycles. The Hall–Kier alpha value is -1.10.